The van der Waals surface area contributed by atoms with Gasteiger partial charge in [0.15, 0.2) is 5.82 Å². The number of fused-ring (bicyclic) bond motifs is 1. The fourth-order valence-corrected chi connectivity index (χ4v) is 4.24. The number of hydrogen-bond donors (Lipinski definition) is 2. The molecule has 36 heavy (non-hydrogen) atoms. The third-order valence-electron chi connectivity index (χ3n) is 6.49. The number of pyridine rings is 1. The van der Waals surface area contributed by atoms with E-state index in [0.29, 0.717) is 54.2 Å². The van der Waals surface area contributed by atoms with Crippen molar-refractivity contribution in [1.29, 1.82) is 0 Å². The lowest BCUT2D eigenvalue weighted by molar-refractivity contribution is 0.0957. The number of aromatic nitrogens is 3. The maximum Gasteiger partial charge on any atom is 0.269 e. The van der Waals surface area contributed by atoms with Crippen LogP contribution in [0.1, 0.15) is 52.1 Å². The van der Waals surface area contributed by atoms with Gasteiger partial charge in [0.05, 0.1) is 5.56 Å². The quantitative estimate of drug-likeness (QED) is 0.434. The molecule has 0 saturated heterocycles. The van der Waals surface area contributed by atoms with E-state index >= 15 is 4.39 Å². The second kappa shape index (κ2) is 9.63. The normalized spacial score (nSPS) is 15.8. The standard InChI is InChI=1S/C27H25F2N5O2/c1-15-26(35)33-24-22(28)19(13-18(23(24)31-15)6-5-16-3-4-16)14-34-11-9-17(10-12-34)20-7-8-21(27(36)30-2)32-25(20)29/h7-9,13,16H,3-4,10-12,14H2,1-2H3,(H,30,36)(H,33,35). The second-order valence-corrected chi connectivity index (χ2v) is 9.14. The number of carbonyl (C=O) groups is 1. The van der Waals surface area contributed by atoms with E-state index in [0.717, 1.165) is 18.4 Å². The fraction of sp³-hybridized carbons (Fsp3) is 0.333. The molecule has 0 atom stereocenters. The molecule has 0 spiro atoms. The van der Waals surface area contributed by atoms with Crippen molar-refractivity contribution < 1.29 is 13.6 Å². The Morgan fingerprint density at radius 1 is 1.28 bits per heavy atom. The summed E-state index contributed by atoms with van der Waals surface area (Å²) in [4.78, 5) is 36.6. The Morgan fingerprint density at radius 3 is 2.75 bits per heavy atom. The highest BCUT2D eigenvalue weighted by molar-refractivity contribution is 5.92. The van der Waals surface area contributed by atoms with E-state index in [1.54, 1.807) is 19.1 Å². The summed E-state index contributed by atoms with van der Waals surface area (Å²) in [6.07, 6.45) is 4.56. The number of nitrogens with one attached hydrogen (secondary N) is 2. The molecular weight excluding hydrogens is 464 g/mol. The third kappa shape index (κ3) is 4.77. The van der Waals surface area contributed by atoms with Crippen LogP contribution in [0.4, 0.5) is 8.78 Å². The van der Waals surface area contributed by atoms with Crippen LogP contribution in [-0.2, 0) is 6.54 Å². The molecule has 1 aliphatic carbocycles. The lowest BCUT2D eigenvalue weighted by Crippen LogP contribution is -2.29. The zero-order valence-electron chi connectivity index (χ0n) is 20.0. The second-order valence-electron chi connectivity index (χ2n) is 9.14. The van der Waals surface area contributed by atoms with Gasteiger partial charge < -0.3 is 10.3 Å². The molecule has 5 rings (SSSR count). The first kappa shape index (κ1) is 23.8. The summed E-state index contributed by atoms with van der Waals surface area (Å²) >= 11 is 0. The number of H-pyrrole nitrogens is 1. The summed E-state index contributed by atoms with van der Waals surface area (Å²) in [6, 6.07) is 4.78. The number of aryl methyl sites for hydroxylation is 1. The molecule has 184 valence electrons. The Kier molecular flexibility index (Phi) is 6.37. The highest BCUT2D eigenvalue weighted by Crippen LogP contribution is 2.29. The summed E-state index contributed by atoms with van der Waals surface area (Å²) in [6.45, 7) is 2.95. The molecule has 3 aromatic rings. The van der Waals surface area contributed by atoms with Crippen molar-refractivity contribution in [2.45, 2.75) is 32.7 Å². The summed E-state index contributed by atoms with van der Waals surface area (Å²) in [5.41, 5.74) is 2.47. The van der Waals surface area contributed by atoms with Crippen molar-refractivity contribution >= 4 is 22.5 Å². The molecule has 7 nitrogen and oxygen atoms in total. The van der Waals surface area contributed by atoms with Crippen LogP contribution < -0.4 is 10.9 Å². The molecule has 1 aliphatic heterocycles. The highest BCUT2D eigenvalue weighted by Gasteiger charge is 2.22. The van der Waals surface area contributed by atoms with Crippen LogP contribution in [0.15, 0.2) is 29.1 Å². The van der Waals surface area contributed by atoms with Gasteiger partial charge >= 0.3 is 0 Å². The summed E-state index contributed by atoms with van der Waals surface area (Å²) in [5.74, 6) is 5.05. The van der Waals surface area contributed by atoms with Crippen LogP contribution in [0.25, 0.3) is 16.6 Å². The maximum atomic E-state index is 15.5. The molecule has 2 aliphatic rings. The number of benzene rings is 1. The van der Waals surface area contributed by atoms with Crippen LogP contribution in [0.2, 0.25) is 0 Å². The molecular formula is C27H25F2N5O2. The van der Waals surface area contributed by atoms with Crippen molar-refractivity contribution in [1.82, 2.24) is 25.2 Å². The SMILES string of the molecule is CNC(=O)c1ccc(C2=CCN(Cc3cc(C#CC4CC4)c4nc(C)c(=O)[nH]c4c3F)CC2)c(F)n1. The first-order chi connectivity index (χ1) is 17.3. The predicted molar refractivity (Wildman–Crippen MR) is 132 cm³/mol. The van der Waals surface area contributed by atoms with Gasteiger partial charge in [-0.1, -0.05) is 17.9 Å². The first-order valence-electron chi connectivity index (χ1n) is 11.9. The van der Waals surface area contributed by atoms with Crippen LogP contribution in [0.3, 0.4) is 0 Å². The van der Waals surface area contributed by atoms with E-state index in [2.05, 4.69) is 32.1 Å². The number of rotatable bonds is 4. The first-order valence-corrected chi connectivity index (χ1v) is 11.9. The Morgan fingerprint density at radius 2 is 2.08 bits per heavy atom. The van der Waals surface area contributed by atoms with Gasteiger partial charge in [-0.05, 0) is 50.0 Å². The van der Waals surface area contributed by atoms with E-state index in [1.807, 2.05) is 11.0 Å². The number of halogens is 2. The molecule has 1 fully saturated rings. The van der Waals surface area contributed by atoms with Crippen LogP contribution in [0, 0.1) is 36.4 Å². The minimum absolute atomic E-state index is 0.0203. The summed E-state index contributed by atoms with van der Waals surface area (Å²) in [5, 5.41) is 2.43. The van der Waals surface area contributed by atoms with Gasteiger partial charge in [-0.25, -0.2) is 14.4 Å². The minimum atomic E-state index is -0.693. The van der Waals surface area contributed by atoms with Crippen molar-refractivity contribution in [2.24, 2.45) is 5.92 Å². The molecule has 1 saturated carbocycles. The number of nitrogens with zero attached hydrogens (tertiary/aromatic N) is 3. The summed E-state index contributed by atoms with van der Waals surface area (Å²) < 4.78 is 30.0. The zero-order valence-corrected chi connectivity index (χ0v) is 20.0. The lowest BCUT2D eigenvalue weighted by Gasteiger charge is -2.27. The minimum Gasteiger partial charge on any atom is -0.354 e. The Labute approximate surface area is 206 Å². The summed E-state index contributed by atoms with van der Waals surface area (Å²) in [7, 11) is 1.46. The Bertz CT molecular complexity index is 1530. The smallest absolute Gasteiger partial charge is 0.269 e. The average molecular weight is 490 g/mol. The number of hydrogen-bond acceptors (Lipinski definition) is 5. The third-order valence-corrected chi connectivity index (χ3v) is 6.49. The monoisotopic (exact) mass is 489 g/mol. The molecule has 2 N–H and O–H groups in total. The van der Waals surface area contributed by atoms with E-state index in [9.17, 15) is 14.0 Å². The zero-order chi connectivity index (χ0) is 25.4. The number of aromatic amines is 1. The lowest BCUT2D eigenvalue weighted by atomic mass is 9.99. The van der Waals surface area contributed by atoms with Crippen molar-refractivity contribution in [3.63, 3.8) is 0 Å². The molecule has 0 bridgehead atoms. The molecule has 0 unspecified atom stereocenters. The van der Waals surface area contributed by atoms with Crippen molar-refractivity contribution in [3.05, 3.63) is 74.5 Å². The Hall–Kier alpha value is -3.90. The molecule has 0 radical (unpaired) electrons. The van der Waals surface area contributed by atoms with Gasteiger partial charge in [0.1, 0.15) is 22.4 Å². The molecule has 9 heteroatoms. The van der Waals surface area contributed by atoms with Gasteiger partial charge in [0.2, 0.25) is 5.95 Å². The number of carbonyl (C=O) groups excluding carboxylic acids is 1. The van der Waals surface area contributed by atoms with Crippen LogP contribution in [0.5, 0.6) is 0 Å². The topological polar surface area (TPSA) is 91.0 Å². The number of amides is 1. The maximum absolute atomic E-state index is 15.5. The van der Waals surface area contributed by atoms with Gasteiger partial charge in [0.25, 0.3) is 11.5 Å². The van der Waals surface area contributed by atoms with Crippen molar-refractivity contribution in [2.75, 3.05) is 20.1 Å². The van der Waals surface area contributed by atoms with Crippen LogP contribution in [-0.4, -0.2) is 45.9 Å². The van der Waals surface area contributed by atoms with Crippen molar-refractivity contribution in [3.8, 4) is 11.8 Å². The van der Waals surface area contributed by atoms with E-state index in [1.165, 1.54) is 13.1 Å². The van der Waals surface area contributed by atoms with Crippen LogP contribution >= 0.6 is 0 Å². The van der Waals surface area contributed by atoms with Gasteiger partial charge in [-0.3, -0.25) is 14.5 Å². The molecule has 1 aromatic carbocycles. The van der Waals surface area contributed by atoms with Gasteiger partial charge in [-0.2, -0.15) is 4.39 Å². The highest BCUT2D eigenvalue weighted by atomic mass is 19.1. The fourth-order valence-electron chi connectivity index (χ4n) is 4.24. The predicted octanol–water partition coefficient (Wildman–Crippen LogP) is 3.32. The van der Waals surface area contributed by atoms with E-state index in [4.69, 9.17) is 0 Å². The Balaban J connectivity index is 1.40. The molecule has 2 aromatic heterocycles. The van der Waals surface area contributed by atoms with Gasteiger partial charge in [0, 0.05) is 43.7 Å². The molecule has 3 heterocycles. The van der Waals surface area contributed by atoms with Gasteiger partial charge in [-0.15, -0.1) is 0 Å². The van der Waals surface area contributed by atoms with E-state index < -0.39 is 23.2 Å². The average Bonchev–Trinajstić information content (AvgIpc) is 3.71. The largest absolute Gasteiger partial charge is 0.354 e. The molecule has 1 amide bonds. The van der Waals surface area contributed by atoms with E-state index in [-0.39, 0.29) is 16.9 Å².